The van der Waals surface area contributed by atoms with Gasteiger partial charge in [0.15, 0.2) is 10.6 Å². The van der Waals surface area contributed by atoms with Crippen LogP contribution in [-0.2, 0) is 19.2 Å². The number of nitrogens with zero attached hydrogens (tertiary/aromatic N) is 5. The molecular formula is C25H24N6O2S. The summed E-state index contributed by atoms with van der Waals surface area (Å²) in [7, 11) is 1.89. The summed E-state index contributed by atoms with van der Waals surface area (Å²) < 4.78 is 3.47. The second-order valence-corrected chi connectivity index (χ2v) is 9.39. The van der Waals surface area contributed by atoms with Gasteiger partial charge in [-0.3, -0.25) is 14.0 Å². The summed E-state index contributed by atoms with van der Waals surface area (Å²) >= 11 is 1.49. The van der Waals surface area contributed by atoms with Gasteiger partial charge in [-0.15, -0.1) is 10.2 Å². The first kappa shape index (κ1) is 22.1. The molecule has 1 aromatic carbocycles. The van der Waals surface area contributed by atoms with E-state index in [1.807, 2.05) is 62.7 Å². The van der Waals surface area contributed by atoms with Gasteiger partial charge in [-0.05, 0) is 44.0 Å². The molecule has 4 heterocycles. The van der Waals surface area contributed by atoms with E-state index in [4.69, 9.17) is 0 Å². The summed E-state index contributed by atoms with van der Waals surface area (Å²) in [6, 6.07) is 11.1. The zero-order valence-electron chi connectivity index (χ0n) is 19.4. The van der Waals surface area contributed by atoms with Crippen LogP contribution in [0.25, 0.3) is 16.6 Å². The van der Waals surface area contributed by atoms with Crippen molar-refractivity contribution in [2.24, 2.45) is 7.05 Å². The van der Waals surface area contributed by atoms with E-state index in [0.717, 1.165) is 22.3 Å². The van der Waals surface area contributed by atoms with E-state index in [9.17, 15) is 9.59 Å². The van der Waals surface area contributed by atoms with Crippen molar-refractivity contribution in [2.45, 2.75) is 38.1 Å². The van der Waals surface area contributed by atoms with Crippen molar-refractivity contribution >= 4 is 28.3 Å². The molecule has 0 bridgehead atoms. The highest BCUT2D eigenvalue weighted by Gasteiger charge is 2.16. The third kappa shape index (κ3) is 3.81. The zero-order chi connectivity index (χ0) is 24.0. The fourth-order valence-corrected chi connectivity index (χ4v) is 4.96. The number of para-hydroxylation sites is 1. The third-order valence-electron chi connectivity index (χ3n) is 6.10. The predicted molar refractivity (Wildman–Crippen MR) is 134 cm³/mol. The molecule has 5 aromatic rings. The van der Waals surface area contributed by atoms with E-state index in [2.05, 4.69) is 20.2 Å². The molecule has 0 fully saturated rings. The molecule has 1 N–H and O–H groups in total. The number of hydrogen-bond acceptors (Lipinski definition) is 6. The Morgan fingerprint density at radius 3 is 2.65 bits per heavy atom. The summed E-state index contributed by atoms with van der Waals surface area (Å²) in [5.74, 6) is 1.23. The predicted octanol–water partition coefficient (Wildman–Crippen LogP) is 3.47. The van der Waals surface area contributed by atoms with E-state index < -0.39 is 0 Å². The lowest BCUT2D eigenvalue weighted by Crippen LogP contribution is -2.23. The topological polar surface area (TPSA) is 97.9 Å². The zero-order valence-corrected chi connectivity index (χ0v) is 20.2. The number of nitrogens with one attached hydrogen (secondary N) is 1. The highest BCUT2D eigenvalue weighted by molar-refractivity contribution is 7.98. The monoisotopic (exact) mass is 472 g/mol. The van der Waals surface area contributed by atoms with Gasteiger partial charge in [0, 0.05) is 53.8 Å². The average molecular weight is 473 g/mol. The molecule has 0 saturated heterocycles. The molecule has 9 heteroatoms. The first-order valence-corrected chi connectivity index (χ1v) is 11.9. The summed E-state index contributed by atoms with van der Waals surface area (Å²) in [6.45, 7) is 5.78. The molecule has 0 aliphatic heterocycles. The molecule has 0 radical (unpaired) electrons. The number of H-pyrrole nitrogens is 1. The van der Waals surface area contributed by atoms with Gasteiger partial charge in [0.05, 0.1) is 5.52 Å². The molecule has 5 rings (SSSR count). The van der Waals surface area contributed by atoms with Crippen LogP contribution in [0.3, 0.4) is 0 Å². The lowest BCUT2D eigenvalue weighted by molar-refractivity contribution is 0.743. The highest BCUT2D eigenvalue weighted by atomic mass is 32.2. The van der Waals surface area contributed by atoms with Gasteiger partial charge in [-0.1, -0.05) is 30.0 Å². The second-order valence-electron chi connectivity index (χ2n) is 8.45. The Morgan fingerprint density at radius 1 is 1.03 bits per heavy atom. The molecule has 34 heavy (non-hydrogen) atoms. The molecule has 0 spiro atoms. The Hall–Kier alpha value is -3.72. The molecular weight excluding hydrogens is 448 g/mol. The SMILES string of the molecule is Cc1nc2c(C)cccn2c(=O)c1Cc1nnc(SCc2cc(=O)c3cccc(C)c3[nH]2)n1C. The van der Waals surface area contributed by atoms with Gasteiger partial charge in [0.25, 0.3) is 5.56 Å². The second kappa shape index (κ2) is 8.57. The van der Waals surface area contributed by atoms with Crippen LogP contribution in [0.4, 0.5) is 0 Å². The first-order chi connectivity index (χ1) is 16.3. The van der Waals surface area contributed by atoms with Crippen LogP contribution in [0.1, 0.15) is 33.9 Å². The van der Waals surface area contributed by atoms with Crippen molar-refractivity contribution in [3.63, 3.8) is 0 Å². The Balaban J connectivity index is 1.41. The minimum atomic E-state index is -0.0903. The van der Waals surface area contributed by atoms with Gasteiger partial charge in [-0.2, -0.15) is 0 Å². The number of aromatic nitrogens is 6. The largest absolute Gasteiger partial charge is 0.357 e. The van der Waals surface area contributed by atoms with Crippen molar-refractivity contribution in [1.82, 2.24) is 29.1 Å². The molecule has 172 valence electrons. The van der Waals surface area contributed by atoms with Crippen molar-refractivity contribution in [1.29, 1.82) is 0 Å². The Morgan fingerprint density at radius 2 is 1.82 bits per heavy atom. The Bertz CT molecular complexity index is 1680. The van der Waals surface area contributed by atoms with Crippen molar-refractivity contribution in [3.8, 4) is 0 Å². The number of hydrogen-bond donors (Lipinski definition) is 1. The standard InChI is InChI=1S/C25H24N6O2S/c1-14-7-5-9-18-20(32)11-17(27-22(14)18)13-34-25-29-28-21(30(25)4)12-19-16(3)26-23-15(2)8-6-10-31(23)24(19)33/h5-11H,12-13H2,1-4H3,(H,27,32). The van der Waals surface area contributed by atoms with Gasteiger partial charge < -0.3 is 9.55 Å². The number of benzene rings is 1. The van der Waals surface area contributed by atoms with Crippen LogP contribution >= 0.6 is 11.8 Å². The van der Waals surface area contributed by atoms with Gasteiger partial charge in [-0.25, -0.2) is 4.98 Å². The third-order valence-corrected chi connectivity index (χ3v) is 7.16. The summed E-state index contributed by atoms with van der Waals surface area (Å²) in [5.41, 5.74) is 5.54. The highest BCUT2D eigenvalue weighted by Crippen LogP contribution is 2.22. The minimum absolute atomic E-state index is 0.00157. The molecule has 0 atom stereocenters. The number of aromatic amines is 1. The van der Waals surface area contributed by atoms with E-state index in [-0.39, 0.29) is 11.0 Å². The van der Waals surface area contributed by atoms with Crippen LogP contribution in [0.5, 0.6) is 0 Å². The number of fused-ring (bicyclic) bond motifs is 2. The maximum Gasteiger partial charge on any atom is 0.261 e. The molecule has 0 saturated carbocycles. The number of rotatable bonds is 5. The van der Waals surface area contributed by atoms with Gasteiger partial charge >= 0.3 is 0 Å². The summed E-state index contributed by atoms with van der Waals surface area (Å²) in [5, 5.41) is 10.1. The normalized spacial score (nSPS) is 11.5. The number of aryl methyl sites for hydroxylation is 3. The molecule has 0 aliphatic carbocycles. The van der Waals surface area contributed by atoms with Crippen LogP contribution in [-0.4, -0.2) is 29.1 Å². The quantitative estimate of drug-likeness (QED) is 0.393. The Kier molecular flexibility index (Phi) is 5.57. The minimum Gasteiger partial charge on any atom is -0.357 e. The summed E-state index contributed by atoms with van der Waals surface area (Å²) in [6.07, 6.45) is 2.08. The smallest absolute Gasteiger partial charge is 0.261 e. The average Bonchev–Trinajstić information content (AvgIpc) is 3.16. The first-order valence-electron chi connectivity index (χ1n) is 10.9. The summed E-state index contributed by atoms with van der Waals surface area (Å²) in [4.78, 5) is 33.7. The van der Waals surface area contributed by atoms with Crippen LogP contribution in [0.2, 0.25) is 0 Å². The van der Waals surface area contributed by atoms with E-state index in [1.165, 1.54) is 11.8 Å². The number of pyridine rings is 2. The maximum absolute atomic E-state index is 13.1. The van der Waals surface area contributed by atoms with E-state index in [1.54, 1.807) is 16.7 Å². The van der Waals surface area contributed by atoms with Crippen molar-refractivity contribution in [3.05, 3.63) is 97.1 Å². The van der Waals surface area contributed by atoms with E-state index in [0.29, 0.717) is 45.4 Å². The van der Waals surface area contributed by atoms with Crippen LogP contribution < -0.4 is 11.0 Å². The van der Waals surface area contributed by atoms with Crippen molar-refractivity contribution in [2.75, 3.05) is 0 Å². The lowest BCUT2D eigenvalue weighted by atomic mass is 10.1. The fourth-order valence-electron chi connectivity index (χ4n) is 4.12. The number of thioether (sulfide) groups is 1. The van der Waals surface area contributed by atoms with Crippen LogP contribution in [0, 0.1) is 20.8 Å². The van der Waals surface area contributed by atoms with Crippen molar-refractivity contribution < 1.29 is 0 Å². The molecule has 0 unspecified atom stereocenters. The lowest BCUT2D eigenvalue weighted by Gasteiger charge is -2.10. The molecule has 0 amide bonds. The van der Waals surface area contributed by atoms with Gasteiger partial charge in [0.2, 0.25) is 0 Å². The van der Waals surface area contributed by atoms with E-state index >= 15 is 0 Å². The maximum atomic E-state index is 13.1. The van der Waals surface area contributed by atoms with Gasteiger partial charge in [0.1, 0.15) is 11.5 Å². The molecule has 0 aliphatic rings. The molecule has 4 aromatic heterocycles. The fraction of sp³-hybridized carbons (Fsp3) is 0.240. The van der Waals surface area contributed by atoms with Crippen LogP contribution in [0.15, 0.2) is 57.3 Å². The Labute approximate surface area is 199 Å². The molecule has 8 nitrogen and oxygen atoms in total.